The number of nitrogens with zero attached hydrogens (tertiary/aromatic N) is 3. The second-order valence-electron chi connectivity index (χ2n) is 8.58. The maximum atomic E-state index is 13.6. The number of aromatic nitrogens is 2. The average Bonchev–Trinajstić information content (AvgIpc) is 3.23. The van der Waals surface area contributed by atoms with Crippen LogP contribution in [0, 0.1) is 17.5 Å². The molecule has 0 radical (unpaired) electrons. The zero-order valence-corrected chi connectivity index (χ0v) is 19.9. The van der Waals surface area contributed by atoms with E-state index in [1.54, 1.807) is 29.2 Å². The standard InChI is InChI=1S/C27H22ClF3N4O/c28-19-5-9-21(10-6-19)32-27-26(18-3-7-20(29)8-4-18)33-24-16-34(13-14-35(24)27)25(36)12-2-17-1-11-22(30)23(31)15-17/h1,3-11,15,32H,2,12-14,16H2. The normalized spacial score (nSPS) is 12.9. The Morgan fingerprint density at radius 3 is 2.42 bits per heavy atom. The lowest BCUT2D eigenvalue weighted by Gasteiger charge is -2.28. The van der Waals surface area contributed by atoms with Crippen LogP contribution in [0.25, 0.3) is 11.3 Å². The zero-order valence-electron chi connectivity index (χ0n) is 19.1. The van der Waals surface area contributed by atoms with E-state index in [2.05, 4.69) is 5.32 Å². The zero-order chi connectivity index (χ0) is 25.2. The van der Waals surface area contributed by atoms with Crippen LogP contribution in [0.2, 0.25) is 5.02 Å². The van der Waals surface area contributed by atoms with E-state index in [1.807, 2.05) is 16.7 Å². The van der Waals surface area contributed by atoms with Gasteiger partial charge in [-0.3, -0.25) is 4.79 Å². The van der Waals surface area contributed by atoms with Gasteiger partial charge in [0.25, 0.3) is 0 Å². The quantitative estimate of drug-likeness (QED) is 0.329. The molecule has 0 saturated heterocycles. The lowest BCUT2D eigenvalue weighted by atomic mass is 10.1. The number of nitrogens with one attached hydrogen (secondary N) is 1. The van der Waals surface area contributed by atoms with Crippen LogP contribution in [0.15, 0.2) is 66.7 Å². The summed E-state index contributed by atoms with van der Waals surface area (Å²) in [5.74, 6) is -0.829. The van der Waals surface area contributed by atoms with Gasteiger partial charge in [-0.2, -0.15) is 0 Å². The molecule has 1 amide bonds. The number of aryl methyl sites for hydroxylation is 1. The Morgan fingerprint density at radius 1 is 0.944 bits per heavy atom. The van der Waals surface area contributed by atoms with Crippen molar-refractivity contribution in [2.75, 3.05) is 11.9 Å². The first-order valence-electron chi connectivity index (χ1n) is 11.5. The minimum absolute atomic E-state index is 0.0930. The molecule has 0 spiro atoms. The second-order valence-corrected chi connectivity index (χ2v) is 9.02. The van der Waals surface area contributed by atoms with Crippen molar-refractivity contribution in [2.45, 2.75) is 25.9 Å². The van der Waals surface area contributed by atoms with E-state index in [0.29, 0.717) is 48.2 Å². The van der Waals surface area contributed by atoms with Crippen molar-refractivity contribution in [3.63, 3.8) is 0 Å². The van der Waals surface area contributed by atoms with E-state index >= 15 is 0 Å². The van der Waals surface area contributed by atoms with Crippen molar-refractivity contribution in [3.8, 4) is 11.3 Å². The number of amides is 1. The smallest absolute Gasteiger partial charge is 0.223 e. The summed E-state index contributed by atoms with van der Waals surface area (Å²) in [5.41, 5.74) is 2.77. The third kappa shape index (κ3) is 5.09. The molecule has 0 atom stereocenters. The average molecular weight is 511 g/mol. The molecule has 36 heavy (non-hydrogen) atoms. The van der Waals surface area contributed by atoms with Crippen molar-refractivity contribution in [2.24, 2.45) is 0 Å². The first-order chi connectivity index (χ1) is 17.4. The summed E-state index contributed by atoms with van der Waals surface area (Å²) in [6.07, 6.45) is 0.484. The Labute approximate surface area is 211 Å². The number of carbonyl (C=O) groups excluding carboxylic acids is 1. The van der Waals surface area contributed by atoms with E-state index in [0.717, 1.165) is 29.2 Å². The molecule has 2 heterocycles. The molecular weight excluding hydrogens is 489 g/mol. The molecule has 9 heteroatoms. The number of hydrogen-bond acceptors (Lipinski definition) is 3. The Balaban J connectivity index is 1.38. The van der Waals surface area contributed by atoms with Crippen molar-refractivity contribution < 1.29 is 18.0 Å². The fraction of sp³-hybridized carbons (Fsp3) is 0.185. The third-order valence-electron chi connectivity index (χ3n) is 6.16. The van der Waals surface area contributed by atoms with Crippen LogP contribution in [-0.2, 0) is 24.3 Å². The SMILES string of the molecule is O=C(CCc1ccc(F)c(F)c1)N1CCn2c(nc(-c3ccc(F)cc3)c2Nc2ccc(Cl)cc2)C1. The Hall–Kier alpha value is -3.78. The van der Waals surface area contributed by atoms with Gasteiger partial charge >= 0.3 is 0 Å². The van der Waals surface area contributed by atoms with Gasteiger partial charge in [-0.05, 0) is 72.6 Å². The predicted molar refractivity (Wildman–Crippen MR) is 132 cm³/mol. The minimum atomic E-state index is -0.922. The molecule has 0 fully saturated rings. The highest BCUT2D eigenvalue weighted by molar-refractivity contribution is 6.30. The fourth-order valence-electron chi connectivity index (χ4n) is 4.25. The summed E-state index contributed by atoms with van der Waals surface area (Å²) in [4.78, 5) is 19.4. The van der Waals surface area contributed by atoms with Crippen LogP contribution in [0.3, 0.4) is 0 Å². The maximum absolute atomic E-state index is 13.6. The van der Waals surface area contributed by atoms with E-state index in [1.165, 1.54) is 18.2 Å². The monoisotopic (exact) mass is 510 g/mol. The second kappa shape index (κ2) is 10.1. The summed E-state index contributed by atoms with van der Waals surface area (Å²) in [5, 5.41) is 4.02. The van der Waals surface area contributed by atoms with Gasteiger partial charge in [0.2, 0.25) is 5.91 Å². The minimum Gasteiger partial charge on any atom is -0.340 e. The number of rotatable bonds is 6. The number of benzene rings is 3. The van der Waals surface area contributed by atoms with Gasteiger partial charge < -0.3 is 14.8 Å². The molecule has 5 rings (SSSR count). The Kier molecular flexibility index (Phi) is 6.69. The lowest BCUT2D eigenvalue weighted by molar-refractivity contribution is -0.132. The van der Waals surface area contributed by atoms with Gasteiger partial charge in [-0.25, -0.2) is 18.2 Å². The van der Waals surface area contributed by atoms with Crippen LogP contribution >= 0.6 is 11.6 Å². The van der Waals surface area contributed by atoms with Crippen molar-refractivity contribution in [1.82, 2.24) is 14.5 Å². The molecule has 1 aliphatic rings. The molecular formula is C27H22ClF3N4O. The largest absolute Gasteiger partial charge is 0.340 e. The van der Waals surface area contributed by atoms with Gasteiger partial charge in [-0.15, -0.1) is 0 Å². The van der Waals surface area contributed by atoms with Crippen LogP contribution in [0.5, 0.6) is 0 Å². The molecule has 0 aliphatic carbocycles. The maximum Gasteiger partial charge on any atom is 0.223 e. The highest BCUT2D eigenvalue weighted by Gasteiger charge is 2.27. The number of imidazole rings is 1. The van der Waals surface area contributed by atoms with Crippen LogP contribution < -0.4 is 5.32 Å². The molecule has 5 nitrogen and oxygen atoms in total. The van der Waals surface area contributed by atoms with Crippen LogP contribution in [0.1, 0.15) is 17.8 Å². The van der Waals surface area contributed by atoms with Crippen LogP contribution in [0.4, 0.5) is 24.7 Å². The van der Waals surface area contributed by atoms with E-state index < -0.39 is 11.6 Å². The number of fused-ring (bicyclic) bond motifs is 1. The van der Waals surface area contributed by atoms with Gasteiger partial charge in [0, 0.05) is 35.8 Å². The van der Waals surface area contributed by atoms with E-state index in [9.17, 15) is 18.0 Å². The van der Waals surface area contributed by atoms with Gasteiger partial charge in [0.1, 0.15) is 23.2 Å². The molecule has 1 N–H and O–H groups in total. The molecule has 1 aromatic heterocycles. The van der Waals surface area contributed by atoms with Gasteiger partial charge in [0.05, 0.1) is 6.54 Å². The van der Waals surface area contributed by atoms with Gasteiger partial charge in [-0.1, -0.05) is 17.7 Å². The molecule has 184 valence electrons. The topological polar surface area (TPSA) is 50.2 Å². The predicted octanol–water partition coefficient (Wildman–Crippen LogP) is 6.34. The summed E-state index contributed by atoms with van der Waals surface area (Å²) in [6.45, 7) is 1.28. The molecule has 4 aromatic rings. The molecule has 3 aromatic carbocycles. The molecule has 0 saturated carbocycles. The fourth-order valence-corrected chi connectivity index (χ4v) is 4.38. The number of carbonyl (C=O) groups is 1. The molecule has 0 bridgehead atoms. The first-order valence-corrected chi connectivity index (χ1v) is 11.8. The van der Waals surface area contributed by atoms with Crippen molar-refractivity contribution in [1.29, 1.82) is 0 Å². The summed E-state index contributed by atoms with van der Waals surface area (Å²) in [6, 6.07) is 17.0. The van der Waals surface area contributed by atoms with Gasteiger partial charge in [0.15, 0.2) is 11.6 Å². The van der Waals surface area contributed by atoms with Crippen LogP contribution in [-0.4, -0.2) is 26.9 Å². The first kappa shape index (κ1) is 23.9. The molecule has 1 aliphatic heterocycles. The Morgan fingerprint density at radius 2 is 1.69 bits per heavy atom. The van der Waals surface area contributed by atoms with Crippen molar-refractivity contribution >= 4 is 29.0 Å². The highest BCUT2D eigenvalue weighted by atomic mass is 35.5. The molecule has 0 unspecified atom stereocenters. The summed E-state index contributed by atoms with van der Waals surface area (Å²) >= 11 is 6.02. The summed E-state index contributed by atoms with van der Waals surface area (Å²) in [7, 11) is 0. The number of anilines is 2. The van der Waals surface area contributed by atoms with E-state index in [-0.39, 0.29) is 18.1 Å². The Bertz CT molecular complexity index is 1400. The third-order valence-corrected chi connectivity index (χ3v) is 6.41. The van der Waals surface area contributed by atoms with Crippen molar-refractivity contribution in [3.05, 3.63) is 101 Å². The summed E-state index contributed by atoms with van der Waals surface area (Å²) < 4.78 is 42.2. The highest BCUT2D eigenvalue weighted by Crippen LogP contribution is 2.33. The number of hydrogen-bond donors (Lipinski definition) is 1. The van der Waals surface area contributed by atoms with E-state index in [4.69, 9.17) is 16.6 Å². The number of halogens is 4. The lowest BCUT2D eigenvalue weighted by Crippen LogP contribution is -2.38.